The van der Waals surface area contributed by atoms with E-state index in [0.29, 0.717) is 6.54 Å². The summed E-state index contributed by atoms with van der Waals surface area (Å²) in [5.74, 6) is -0.0270. The van der Waals surface area contributed by atoms with Gasteiger partial charge in [-0.3, -0.25) is 4.79 Å². The number of hydrogen-bond donors (Lipinski definition) is 1. The molecule has 19 heavy (non-hydrogen) atoms. The highest BCUT2D eigenvalue weighted by molar-refractivity contribution is 14.1. The summed E-state index contributed by atoms with van der Waals surface area (Å²) < 4.78 is 4.47. The van der Waals surface area contributed by atoms with Crippen molar-refractivity contribution in [2.75, 3.05) is 11.9 Å². The second-order valence-electron chi connectivity index (χ2n) is 4.13. The van der Waals surface area contributed by atoms with E-state index in [-0.39, 0.29) is 11.8 Å². The van der Waals surface area contributed by atoms with Crippen LogP contribution in [0.1, 0.15) is 13.8 Å². The van der Waals surface area contributed by atoms with E-state index in [1.807, 2.05) is 37.3 Å². The monoisotopic (exact) mass is 596 g/mol. The molecule has 0 spiro atoms. The van der Waals surface area contributed by atoms with E-state index in [4.69, 9.17) is 0 Å². The summed E-state index contributed by atoms with van der Waals surface area (Å²) in [6.45, 7) is 4.69. The van der Waals surface area contributed by atoms with Crippen LogP contribution in [-0.2, 0) is 4.79 Å². The maximum absolute atomic E-state index is 12.1. The first-order valence-corrected chi connectivity index (χ1v) is 8.85. The van der Waals surface area contributed by atoms with Crippen LogP contribution in [0.5, 0.6) is 0 Å². The Morgan fingerprint density at radius 2 is 1.89 bits per heavy atom. The van der Waals surface area contributed by atoms with Crippen molar-refractivity contribution < 1.29 is 4.79 Å². The van der Waals surface area contributed by atoms with E-state index in [2.05, 4.69) is 83.4 Å². The molecule has 0 aliphatic heterocycles. The summed E-state index contributed by atoms with van der Waals surface area (Å²) in [6, 6.07) is 9.55. The second-order valence-corrected chi connectivity index (χ2v) is 7.93. The second kappa shape index (κ2) is 8.65. The van der Waals surface area contributed by atoms with E-state index in [0.717, 1.165) is 9.39 Å². The molecule has 3 nitrogen and oxygen atoms in total. The van der Waals surface area contributed by atoms with Crippen molar-refractivity contribution in [1.82, 2.24) is 3.11 Å². The number of para-hydroxylation sites is 1. The summed E-state index contributed by atoms with van der Waals surface area (Å²) in [5.41, 5.74) is 0.842. The highest BCUT2D eigenvalue weighted by Gasteiger charge is 2.17. The number of anilines is 1. The molecular formula is C13H15I3N2O. The fourth-order valence-electron chi connectivity index (χ4n) is 1.36. The van der Waals surface area contributed by atoms with Gasteiger partial charge < -0.3 is 8.43 Å². The molecular weight excluding hydrogens is 581 g/mol. The summed E-state index contributed by atoms with van der Waals surface area (Å²) in [5, 5.41) is 2.93. The first-order chi connectivity index (χ1) is 8.91. The fourth-order valence-corrected chi connectivity index (χ4v) is 3.26. The number of allylic oxidation sites excluding steroid dienone is 1. The highest BCUT2D eigenvalue weighted by atomic mass is 127. The van der Waals surface area contributed by atoms with Gasteiger partial charge in [-0.2, -0.15) is 0 Å². The van der Waals surface area contributed by atoms with Gasteiger partial charge in [0.2, 0.25) is 5.91 Å². The molecule has 1 atom stereocenters. The van der Waals surface area contributed by atoms with Crippen molar-refractivity contribution in [2.45, 2.75) is 13.8 Å². The zero-order chi connectivity index (χ0) is 14.4. The molecule has 0 heterocycles. The summed E-state index contributed by atoms with van der Waals surface area (Å²) in [6.07, 6.45) is 0. The smallest absolute Gasteiger partial charge is 0.229 e. The topological polar surface area (TPSA) is 32.3 Å². The van der Waals surface area contributed by atoms with Gasteiger partial charge in [-0.25, -0.2) is 0 Å². The number of nitrogens with zero attached hydrogens (tertiary/aromatic N) is 1. The summed E-state index contributed by atoms with van der Waals surface area (Å²) in [4.78, 5) is 12.1. The largest absolute Gasteiger partial charge is 0.326 e. The third-order valence-electron chi connectivity index (χ3n) is 2.42. The van der Waals surface area contributed by atoms with Crippen LogP contribution in [0, 0.1) is 5.92 Å². The van der Waals surface area contributed by atoms with Gasteiger partial charge in [-0.05, 0) is 64.2 Å². The van der Waals surface area contributed by atoms with Crippen LogP contribution in [0.2, 0.25) is 0 Å². The number of halogens is 3. The molecule has 0 bridgehead atoms. The van der Waals surface area contributed by atoms with E-state index in [9.17, 15) is 4.79 Å². The van der Waals surface area contributed by atoms with Crippen molar-refractivity contribution in [3.05, 3.63) is 37.6 Å². The fraction of sp³-hybridized carbons (Fsp3) is 0.308. The van der Waals surface area contributed by atoms with Gasteiger partial charge in [-0.15, -0.1) is 0 Å². The number of carbonyl (C=O) groups excluding carboxylic acids is 1. The Balaban J connectivity index is 2.57. The van der Waals surface area contributed by atoms with Crippen molar-refractivity contribution in [3.63, 3.8) is 0 Å². The first kappa shape index (κ1) is 17.5. The van der Waals surface area contributed by atoms with Crippen molar-refractivity contribution in [1.29, 1.82) is 0 Å². The van der Waals surface area contributed by atoms with Crippen LogP contribution >= 0.6 is 68.0 Å². The van der Waals surface area contributed by atoms with Crippen molar-refractivity contribution in [2.24, 2.45) is 5.92 Å². The molecule has 1 aromatic carbocycles. The zero-order valence-electron chi connectivity index (χ0n) is 10.7. The molecule has 0 aromatic heterocycles. The predicted molar refractivity (Wildman–Crippen MR) is 106 cm³/mol. The third-order valence-corrected chi connectivity index (χ3v) is 7.15. The Kier molecular flexibility index (Phi) is 7.95. The standard InChI is InChI=1S/C13H15I3N2O/c1-9(8-18(16)12(15)10(2)14)13(19)17-11-6-4-3-5-7-11/h3-7,9H,8H2,1-2H3,(H,17,19)/b12-10-. The van der Waals surface area contributed by atoms with Crippen LogP contribution in [0.15, 0.2) is 37.6 Å². The molecule has 0 fully saturated rings. The molecule has 0 radical (unpaired) electrons. The molecule has 1 amide bonds. The van der Waals surface area contributed by atoms with E-state index < -0.39 is 0 Å². The molecule has 0 aliphatic rings. The minimum Gasteiger partial charge on any atom is -0.326 e. The molecule has 1 aromatic rings. The molecule has 1 N–H and O–H groups in total. The van der Waals surface area contributed by atoms with E-state index >= 15 is 0 Å². The quantitative estimate of drug-likeness (QED) is 0.296. The lowest BCUT2D eigenvalue weighted by molar-refractivity contribution is -0.119. The predicted octanol–water partition coefficient (Wildman–Crippen LogP) is 4.97. The van der Waals surface area contributed by atoms with Crippen LogP contribution in [0.3, 0.4) is 0 Å². The Labute approximate surface area is 155 Å². The third kappa shape index (κ3) is 6.15. The lowest BCUT2D eigenvalue weighted by Crippen LogP contribution is -2.28. The zero-order valence-corrected chi connectivity index (χ0v) is 17.1. The molecule has 0 aliphatic carbocycles. The molecule has 0 saturated heterocycles. The van der Waals surface area contributed by atoms with Gasteiger partial charge in [0, 0.05) is 15.8 Å². The first-order valence-electron chi connectivity index (χ1n) is 5.73. The number of carbonyl (C=O) groups is 1. The lowest BCUT2D eigenvalue weighted by atomic mass is 10.1. The summed E-state index contributed by atoms with van der Waals surface area (Å²) >= 11 is 6.83. The van der Waals surface area contributed by atoms with Gasteiger partial charge in [0.05, 0.1) is 32.5 Å². The average molecular weight is 596 g/mol. The Hall–Kier alpha value is 0.420. The van der Waals surface area contributed by atoms with Crippen LogP contribution in [-0.4, -0.2) is 15.6 Å². The number of benzene rings is 1. The average Bonchev–Trinajstić information content (AvgIpc) is 2.38. The van der Waals surface area contributed by atoms with Gasteiger partial charge in [0.1, 0.15) is 0 Å². The van der Waals surface area contributed by atoms with Gasteiger partial charge >= 0.3 is 0 Å². The Morgan fingerprint density at radius 3 is 2.42 bits per heavy atom. The normalized spacial score (nSPS) is 13.5. The van der Waals surface area contributed by atoms with Crippen molar-refractivity contribution >= 4 is 79.6 Å². The Morgan fingerprint density at radius 1 is 1.32 bits per heavy atom. The van der Waals surface area contributed by atoms with Gasteiger partial charge in [0.25, 0.3) is 0 Å². The van der Waals surface area contributed by atoms with E-state index in [1.54, 1.807) is 0 Å². The summed E-state index contributed by atoms with van der Waals surface area (Å²) in [7, 11) is 0. The Bertz CT molecular complexity index is 458. The highest BCUT2D eigenvalue weighted by Crippen LogP contribution is 2.26. The number of rotatable bonds is 5. The molecule has 0 saturated carbocycles. The minimum atomic E-state index is -0.0716. The maximum Gasteiger partial charge on any atom is 0.229 e. The number of hydrogen-bond acceptors (Lipinski definition) is 2. The molecule has 1 unspecified atom stereocenters. The molecule has 104 valence electrons. The SMILES string of the molecule is C/C(I)=C(\I)N(I)CC(C)C(=O)Nc1ccccc1. The number of amides is 1. The van der Waals surface area contributed by atoms with Crippen LogP contribution in [0.4, 0.5) is 5.69 Å². The van der Waals surface area contributed by atoms with Crippen LogP contribution in [0.25, 0.3) is 0 Å². The van der Waals surface area contributed by atoms with Crippen molar-refractivity contribution in [3.8, 4) is 0 Å². The van der Waals surface area contributed by atoms with Gasteiger partial charge in [-0.1, -0.05) is 25.1 Å². The molecule has 1 rings (SSSR count). The van der Waals surface area contributed by atoms with Gasteiger partial charge in [0.15, 0.2) is 0 Å². The number of nitrogens with one attached hydrogen (secondary N) is 1. The lowest BCUT2D eigenvalue weighted by Gasteiger charge is -2.21. The molecule has 6 heteroatoms. The van der Waals surface area contributed by atoms with E-state index in [1.165, 1.54) is 3.58 Å². The van der Waals surface area contributed by atoms with Crippen LogP contribution < -0.4 is 5.32 Å². The maximum atomic E-state index is 12.1. The minimum absolute atomic E-state index is 0.0446.